The van der Waals surface area contributed by atoms with E-state index in [4.69, 9.17) is 0 Å². The van der Waals surface area contributed by atoms with Crippen molar-refractivity contribution in [3.8, 4) is 0 Å². The highest BCUT2D eigenvalue weighted by atomic mass is 32.1. The number of aryl methyl sites for hydroxylation is 3. The minimum absolute atomic E-state index is 0.0184. The van der Waals surface area contributed by atoms with Crippen molar-refractivity contribution in [3.63, 3.8) is 0 Å². The minimum Gasteiger partial charge on any atom is -0.348 e. The molecule has 2 heterocycles. The van der Waals surface area contributed by atoms with Crippen LogP contribution < -0.4 is 5.32 Å². The van der Waals surface area contributed by atoms with Crippen LogP contribution in [-0.2, 0) is 11.2 Å². The van der Waals surface area contributed by atoms with Crippen LogP contribution in [0.3, 0.4) is 0 Å². The first-order valence-electron chi connectivity index (χ1n) is 6.10. The number of rotatable bonds is 4. The quantitative estimate of drug-likeness (QED) is 0.943. The summed E-state index contributed by atoms with van der Waals surface area (Å²) in [6.45, 7) is 7.82. The van der Waals surface area contributed by atoms with Crippen molar-refractivity contribution in [2.45, 2.75) is 40.2 Å². The predicted octanol–water partition coefficient (Wildman–Crippen LogP) is 2.94. The van der Waals surface area contributed by atoms with Crippen molar-refractivity contribution in [3.05, 3.63) is 31.7 Å². The largest absolute Gasteiger partial charge is 0.348 e. The van der Waals surface area contributed by atoms with E-state index >= 15 is 0 Å². The molecule has 6 heteroatoms. The lowest BCUT2D eigenvalue weighted by atomic mass is 10.2. The zero-order valence-electron chi connectivity index (χ0n) is 11.5. The number of carbonyl (C=O) groups is 1. The topological polar surface area (TPSA) is 54.9 Å². The maximum Gasteiger partial charge on any atom is 0.225 e. The van der Waals surface area contributed by atoms with E-state index in [9.17, 15) is 4.79 Å². The molecule has 0 aliphatic carbocycles. The van der Waals surface area contributed by atoms with Crippen LogP contribution in [0.4, 0.5) is 0 Å². The van der Waals surface area contributed by atoms with Gasteiger partial charge in [-0.3, -0.25) is 4.79 Å². The molecule has 0 saturated carbocycles. The molecule has 0 bridgehead atoms. The third kappa shape index (κ3) is 3.61. The van der Waals surface area contributed by atoms with E-state index in [0.717, 1.165) is 26.3 Å². The second kappa shape index (κ2) is 5.79. The molecule has 2 aromatic rings. The third-order valence-corrected chi connectivity index (χ3v) is 4.64. The summed E-state index contributed by atoms with van der Waals surface area (Å²) < 4.78 is 0. The van der Waals surface area contributed by atoms with E-state index < -0.39 is 0 Å². The molecule has 4 nitrogen and oxygen atoms in total. The van der Waals surface area contributed by atoms with Crippen molar-refractivity contribution in [1.29, 1.82) is 0 Å². The monoisotopic (exact) mass is 295 g/mol. The minimum atomic E-state index is -0.0493. The van der Waals surface area contributed by atoms with Gasteiger partial charge < -0.3 is 5.32 Å². The summed E-state index contributed by atoms with van der Waals surface area (Å²) in [7, 11) is 0. The maximum absolute atomic E-state index is 12.0. The normalized spacial score (nSPS) is 12.4. The molecular weight excluding hydrogens is 278 g/mol. The second-order valence-electron chi connectivity index (χ2n) is 4.50. The molecule has 0 aromatic carbocycles. The van der Waals surface area contributed by atoms with Crippen LogP contribution in [0.25, 0.3) is 0 Å². The second-order valence-corrected chi connectivity index (χ2v) is 6.85. The highest BCUT2D eigenvalue weighted by molar-refractivity contribution is 7.11. The summed E-state index contributed by atoms with van der Waals surface area (Å²) in [4.78, 5) is 21.8. The number of aromatic nitrogens is 2. The van der Waals surface area contributed by atoms with Gasteiger partial charge in [0, 0.05) is 10.3 Å². The molecule has 0 aliphatic heterocycles. The molecule has 0 aliphatic rings. The van der Waals surface area contributed by atoms with Crippen LogP contribution in [0.15, 0.2) is 5.38 Å². The van der Waals surface area contributed by atoms with Gasteiger partial charge in [-0.1, -0.05) is 0 Å². The highest BCUT2D eigenvalue weighted by Gasteiger charge is 2.14. The van der Waals surface area contributed by atoms with E-state index in [1.807, 2.05) is 33.1 Å². The van der Waals surface area contributed by atoms with Crippen molar-refractivity contribution in [2.24, 2.45) is 0 Å². The Morgan fingerprint density at radius 1 is 1.32 bits per heavy atom. The lowest BCUT2D eigenvalue weighted by molar-refractivity contribution is -0.121. The number of nitrogens with zero attached hydrogens (tertiary/aromatic N) is 2. The molecule has 2 aromatic heterocycles. The Balaban J connectivity index is 1.96. The fourth-order valence-electron chi connectivity index (χ4n) is 1.83. The number of nitrogens with one attached hydrogen (secondary N) is 1. The molecule has 19 heavy (non-hydrogen) atoms. The highest BCUT2D eigenvalue weighted by Crippen LogP contribution is 2.19. The van der Waals surface area contributed by atoms with Gasteiger partial charge in [0.05, 0.1) is 33.9 Å². The number of hydrogen-bond acceptors (Lipinski definition) is 5. The standard InChI is InChI=1S/C13H17N3OS2/c1-7(11-6-18-9(3)16-11)15-13(17)5-12-8(2)14-10(4)19-12/h6-7H,5H2,1-4H3,(H,15,17)/t7-/m0/s1. The van der Waals surface area contributed by atoms with Gasteiger partial charge in [0.15, 0.2) is 0 Å². The number of hydrogen-bond donors (Lipinski definition) is 1. The summed E-state index contributed by atoms with van der Waals surface area (Å²) in [5.41, 5.74) is 1.88. The summed E-state index contributed by atoms with van der Waals surface area (Å²) in [5.74, 6) is 0.0184. The van der Waals surface area contributed by atoms with E-state index in [2.05, 4.69) is 15.3 Å². The molecule has 0 fully saturated rings. The predicted molar refractivity (Wildman–Crippen MR) is 78.7 cm³/mol. The fraction of sp³-hybridized carbons (Fsp3) is 0.462. The average molecular weight is 295 g/mol. The first kappa shape index (κ1) is 14.1. The first-order valence-corrected chi connectivity index (χ1v) is 7.79. The van der Waals surface area contributed by atoms with Crippen LogP contribution in [0, 0.1) is 20.8 Å². The Kier molecular flexibility index (Phi) is 4.31. The van der Waals surface area contributed by atoms with Gasteiger partial charge in [-0.05, 0) is 27.7 Å². The number of carbonyl (C=O) groups excluding carboxylic acids is 1. The van der Waals surface area contributed by atoms with Gasteiger partial charge in [0.2, 0.25) is 5.91 Å². The summed E-state index contributed by atoms with van der Waals surface area (Å²) in [6, 6.07) is -0.0493. The van der Waals surface area contributed by atoms with Crippen molar-refractivity contribution >= 4 is 28.6 Å². The Morgan fingerprint density at radius 2 is 2.05 bits per heavy atom. The van der Waals surface area contributed by atoms with Gasteiger partial charge in [0.25, 0.3) is 0 Å². The molecule has 1 amide bonds. The molecule has 0 spiro atoms. The molecular formula is C13H17N3OS2. The van der Waals surface area contributed by atoms with Crippen molar-refractivity contribution < 1.29 is 4.79 Å². The van der Waals surface area contributed by atoms with Crippen molar-refractivity contribution in [1.82, 2.24) is 15.3 Å². The smallest absolute Gasteiger partial charge is 0.225 e. The Labute approximate surface area is 120 Å². The van der Waals surface area contributed by atoms with E-state index in [-0.39, 0.29) is 11.9 Å². The maximum atomic E-state index is 12.0. The van der Waals surface area contributed by atoms with Gasteiger partial charge in [0.1, 0.15) is 0 Å². The van der Waals surface area contributed by atoms with Gasteiger partial charge >= 0.3 is 0 Å². The van der Waals surface area contributed by atoms with Crippen LogP contribution in [0.5, 0.6) is 0 Å². The van der Waals surface area contributed by atoms with Crippen molar-refractivity contribution in [2.75, 3.05) is 0 Å². The molecule has 1 N–H and O–H groups in total. The lowest BCUT2D eigenvalue weighted by Crippen LogP contribution is -2.28. The van der Waals surface area contributed by atoms with Crippen LogP contribution in [-0.4, -0.2) is 15.9 Å². The van der Waals surface area contributed by atoms with Crippen LogP contribution >= 0.6 is 22.7 Å². The molecule has 102 valence electrons. The molecule has 0 saturated heterocycles. The van der Waals surface area contributed by atoms with E-state index in [0.29, 0.717) is 6.42 Å². The third-order valence-electron chi connectivity index (χ3n) is 2.78. The Bertz CT molecular complexity index is 588. The van der Waals surface area contributed by atoms with Gasteiger partial charge in [-0.25, -0.2) is 9.97 Å². The van der Waals surface area contributed by atoms with Crippen LogP contribution in [0.1, 0.15) is 39.2 Å². The Morgan fingerprint density at radius 3 is 2.58 bits per heavy atom. The summed E-state index contributed by atoms with van der Waals surface area (Å²) in [6.07, 6.45) is 0.394. The number of thiazole rings is 2. The molecule has 1 atom stereocenters. The average Bonchev–Trinajstić information content (AvgIpc) is 2.86. The molecule has 2 rings (SSSR count). The summed E-state index contributed by atoms with van der Waals surface area (Å²) in [5, 5.41) is 6.99. The number of amides is 1. The van der Waals surface area contributed by atoms with Crippen LogP contribution in [0.2, 0.25) is 0 Å². The molecule has 0 radical (unpaired) electrons. The first-order chi connectivity index (χ1) is 8.95. The lowest BCUT2D eigenvalue weighted by Gasteiger charge is -2.11. The zero-order chi connectivity index (χ0) is 14.0. The summed E-state index contributed by atoms with van der Waals surface area (Å²) >= 11 is 3.18. The SMILES string of the molecule is Cc1nc([C@H](C)NC(=O)Cc2sc(C)nc2C)cs1. The van der Waals surface area contributed by atoms with E-state index in [1.165, 1.54) is 0 Å². The van der Waals surface area contributed by atoms with Gasteiger partial charge in [-0.15, -0.1) is 22.7 Å². The fourth-order valence-corrected chi connectivity index (χ4v) is 3.47. The zero-order valence-corrected chi connectivity index (χ0v) is 13.1. The van der Waals surface area contributed by atoms with E-state index in [1.54, 1.807) is 22.7 Å². The van der Waals surface area contributed by atoms with Gasteiger partial charge in [-0.2, -0.15) is 0 Å². The molecule has 0 unspecified atom stereocenters. The Hall–Kier alpha value is -1.27.